The van der Waals surface area contributed by atoms with Crippen molar-refractivity contribution >= 4 is 23.4 Å². The molecule has 1 fully saturated rings. The van der Waals surface area contributed by atoms with Crippen molar-refractivity contribution < 1.29 is 14.4 Å². The van der Waals surface area contributed by atoms with Crippen LogP contribution in [0.4, 0.5) is 0 Å². The van der Waals surface area contributed by atoms with Gasteiger partial charge in [0.05, 0.1) is 11.2 Å². The predicted octanol–water partition coefficient (Wildman–Crippen LogP) is 2.84. The molecule has 104 valence electrons. The van der Waals surface area contributed by atoms with Crippen molar-refractivity contribution in [3.05, 3.63) is 36.4 Å². The van der Waals surface area contributed by atoms with Crippen LogP contribution in [-0.2, 0) is 9.31 Å². The van der Waals surface area contributed by atoms with Crippen LogP contribution in [0.15, 0.2) is 36.4 Å². The van der Waals surface area contributed by atoms with E-state index in [0.717, 1.165) is 16.2 Å². The minimum absolute atomic E-state index is 0.294. The smallest absolute Gasteiger partial charge is 0.494 e. The molecule has 1 aliphatic rings. The van der Waals surface area contributed by atoms with Crippen molar-refractivity contribution in [2.24, 2.45) is 0 Å². The summed E-state index contributed by atoms with van der Waals surface area (Å²) in [5.74, 6) is 0.294. The summed E-state index contributed by atoms with van der Waals surface area (Å²) in [7, 11) is -0.369. The van der Waals surface area contributed by atoms with Gasteiger partial charge in [-0.05, 0) is 44.6 Å². The average Bonchev–Trinajstić information content (AvgIpc) is 2.58. The Bertz CT molecular complexity index is 648. The Hall–Kier alpha value is -1.52. The van der Waals surface area contributed by atoms with E-state index in [4.69, 9.17) is 9.31 Å². The van der Waals surface area contributed by atoms with Crippen LogP contribution < -0.4 is 5.46 Å². The summed E-state index contributed by atoms with van der Waals surface area (Å²) >= 11 is 0. The van der Waals surface area contributed by atoms with Gasteiger partial charge in [0, 0.05) is 5.39 Å². The molecule has 0 spiro atoms. The zero-order chi connectivity index (χ0) is 14.5. The van der Waals surface area contributed by atoms with Crippen molar-refractivity contribution in [3.8, 4) is 5.75 Å². The third kappa shape index (κ3) is 2.00. The van der Waals surface area contributed by atoms with Gasteiger partial charge in [0.2, 0.25) is 0 Å². The second kappa shape index (κ2) is 4.24. The van der Waals surface area contributed by atoms with Crippen molar-refractivity contribution in [1.29, 1.82) is 0 Å². The molecule has 4 heteroatoms. The average molecular weight is 270 g/mol. The van der Waals surface area contributed by atoms with E-state index in [1.165, 1.54) is 0 Å². The van der Waals surface area contributed by atoms with Crippen molar-refractivity contribution in [2.75, 3.05) is 0 Å². The maximum Gasteiger partial charge on any atom is 0.494 e. The molecule has 0 amide bonds. The monoisotopic (exact) mass is 270 g/mol. The normalized spacial score (nSPS) is 20.5. The Balaban J connectivity index is 2.00. The maximum absolute atomic E-state index is 9.83. The van der Waals surface area contributed by atoms with E-state index >= 15 is 0 Å². The Morgan fingerprint density at radius 1 is 0.950 bits per heavy atom. The largest absolute Gasteiger partial charge is 0.507 e. The number of aromatic hydroxyl groups is 1. The molecule has 1 N–H and O–H groups in total. The second-order valence-electron chi connectivity index (χ2n) is 6.35. The highest BCUT2D eigenvalue weighted by atomic mass is 16.7. The van der Waals surface area contributed by atoms with Crippen LogP contribution in [0.25, 0.3) is 10.8 Å². The fourth-order valence-electron chi connectivity index (χ4n) is 2.41. The van der Waals surface area contributed by atoms with Crippen LogP contribution in [0.1, 0.15) is 27.7 Å². The van der Waals surface area contributed by atoms with Gasteiger partial charge in [-0.2, -0.15) is 0 Å². The highest BCUT2D eigenvalue weighted by Crippen LogP contribution is 2.36. The zero-order valence-corrected chi connectivity index (χ0v) is 12.3. The molecule has 0 atom stereocenters. The van der Waals surface area contributed by atoms with Gasteiger partial charge in [0.25, 0.3) is 0 Å². The molecule has 1 saturated heterocycles. The van der Waals surface area contributed by atoms with Gasteiger partial charge in [0.15, 0.2) is 0 Å². The molecule has 3 rings (SSSR count). The lowest BCUT2D eigenvalue weighted by Gasteiger charge is -2.32. The lowest BCUT2D eigenvalue weighted by atomic mass is 9.78. The summed E-state index contributed by atoms with van der Waals surface area (Å²) in [4.78, 5) is 0. The summed E-state index contributed by atoms with van der Waals surface area (Å²) in [5, 5.41) is 11.7. The standard InChI is InChI=1S/C16H19BO3/c1-15(2)16(3,4)20-17(19-15)12-8-9-13-11(10-12)6-5-7-14(13)18/h5-10,18H,1-4H3. The van der Waals surface area contributed by atoms with Crippen LogP contribution in [0.5, 0.6) is 5.75 Å². The summed E-state index contributed by atoms with van der Waals surface area (Å²) in [5.41, 5.74) is 0.290. The molecule has 20 heavy (non-hydrogen) atoms. The van der Waals surface area contributed by atoms with Crippen molar-refractivity contribution in [2.45, 2.75) is 38.9 Å². The molecule has 1 aliphatic heterocycles. The summed E-state index contributed by atoms with van der Waals surface area (Å²) in [6.45, 7) is 8.17. The Labute approximate surface area is 119 Å². The number of hydrogen-bond donors (Lipinski definition) is 1. The van der Waals surface area contributed by atoms with Crippen molar-refractivity contribution in [1.82, 2.24) is 0 Å². The molecule has 2 aromatic carbocycles. The first-order valence-electron chi connectivity index (χ1n) is 6.87. The Morgan fingerprint density at radius 3 is 2.25 bits per heavy atom. The SMILES string of the molecule is CC1(C)OB(c2ccc3c(O)cccc3c2)OC1(C)C. The van der Waals surface area contributed by atoms with Gasteiger partial charge >= 0.3 is 7.12 Å². The summed E-state index contributed by atoms with van der Waals surface area (Å²) in [6.07, 6.45) is 0. The van der Waals surface area contributed by atoms with E-state index in [-0.39, 0.29) is 18.3 Å². The third-order valence-corrected chi connectivity index (χ3v) is 4.41. The van der Waals surface area contributed by atoms with E-state index in [2.05, 4.69) is 0 Å². The molecular formula is C16H19BO3. The highest BCUT2D eigenvalue weighted by molar-refractivity contribution is 6.62. The molecule has 3 nitrogen and oxygen atoms in total. The van der Waals surface area contributed by atoms with E-state index in [1.807, 2.05) is 58.0 Å². The first kappa shape index (κ1) is 13.5. The number of phenols is 1. The van der Waals surface area contributed by atoms with Crippen LogP contribution in [-0.4, -0.2) is 23.4 Å². The topological polar surface area (TPSA) is 38.7 Å². The number of hydrogen-bond acceptors (Lipinski definition) is 3. The van der Waals surface area contributed by atoms with Crippen LogP contribution >= 0.6 is 0 Å². The third-order valence-electron chi connectivity index (χ3n) is 4.41. The first-order valence-corrected chi connectivity index (χ1v) is 6.87. The van der Waals surface area contributed by atoms with E-state index in [0.29, 0.717) is 5.75 Å². The molecule has 0 saturated carbocycles. The fraction of sp³-hybridized carbons (Fsp3) is 0.375. The number of rotatable bonds is 1. The highest BCUT2D eigenvalue weighted by Gasteiger charge is 2.51. The lowest BCUT2D eigenvalue weighted by molar-refractivity contribution is 0.00578. The number of phenolic OH excluding ortho intramolecular Hbond substituents is 1. The first-order chi connectivity index (χ1) is 9.30. The van der Waals surface area contributed by atoms with E-state index < -0.39 is 0 Å². The lowest BCUT2D eigenvalue weighted by Crippen LogP contribution is -2.41. The van der Waals surface area contributed by atoms with Gasteiger partial charge < -0.3 is 14.4 Å². The Kier molecular flexibility index (Phi) is 2.85. The molecule has 2 aromatic rings. The van der Waals surface area contributed by atoms with E-state index in [1.54, 1.807) is 6.07 Å². The van der Waals surface area contributed by atoms with Crippen molar-refractivity contribution in [3.63, 3.8) is 0 Å². The zero-order valence-electron chi connectivity index (χ0n) is 12.3. The number of fused-ring (bicyclic) bond motifs is 1. The van der Waals surface area contributed by atoms with Crippen LogP contribution in [0, 0.1) is 0 Å². The molecular weight excluding hydrogens is 251 g/mol. The number of benzene rings is 2. The molecule has 0 unspecified atom stereocenters. The van der Waals surface area contributed by atoms with Gasteiger partial charge in [-0.15, -0.1) is 0 Å². The summed E-state index contributed by atoms with van der Waals surface area (Å²) in [6, 6.07) is 11.4. The maximum atomic E-state index is 9.83. The van der Waals surface area contributed by atoms with Gasteiger partial charge in [-0.1, -0.05) is 30.3 Å². The van der Waals surface area contributed by atoms with Gasteiger partial charge in [0.1, 0.15) is 5.75 Å². The Morgan fingerprint density at radius 2 is 1.60 bits per heavy atom. The molecule has 0 radical (unpaired) electrons. The van der Waals surface area contributed by atoms with Gasteiger partial charge in [-0.25, -0.2) is 0 Å². The van der Waals surface area contributed by atoms with E-state index in [9.17, 15) is 5.11 Å². The molecule has 0 aliphatic carbocycles. The predicted molar refractivity (Wildman–Crippen MR) is 81.3 cm³/mol. The quantitative estimate of drug-likeness (QED) is 0.810. The minimum atomic E-state index is -0.369. The second-order valence-corrected chi connectivity index (χ2v) is 6.35. The molecule has 1 heterocycles. The fourth-order valence-corrected chi connectivity index (χ4v) is 2.41. The minimum Gasteiger partial charge on any atom is -0.507 e. The molecule has 0 bridgehead atoms. The van der Waals surface area contributed by atoms with Crippen LogP contribution in [0.3, 0.4) is 0 Å². The summed E-state index contributed by atoms with van der Waals surface area (Å²) < 4.78 is 12.1. The molecule has 0 aromatic heterocycles. The van der Waals surface area contributed by atoms with Crippen LogP contribution in [0.2, 0.25) is 0 Å². The van der Waals surface area contributed by atoms with Gasteiger partial charge in [-0.3, -0.25) is 0 Å².